The zero-order valence-corrected chi connectivity index (χ0v) is 28.4. The van der Waals surface area contributed by atoms with Crippen molar-refractivity contribution in [3.63, 3.8) is 0 Å². The summed E-state index contributed by atoms with van der Waals surface area (Å²) < 4.78 is 56.1. The van der Waals surface area contributed by atoms with Crippen LogP contribution in [0.4, 0.5) is 13.2 Å². The van der Waals surface area contributed by atoms with Gasteiger partial charge in [0.1, 0.15) is 23.0 Å². The maximum Gasteiger partial charge on any atom is 0.573 e. The molecule has 53 heavy (non-hydrogen) atoms. The average Bonchev–Trinajstić information content (AvgIpc) is 3.15. The fourth-order valence-corrected chi connectivity index (χ4v) is 5.17. The van der Waals surface area contributed by atoms with E-state index in [2.05, 4.69) is 14.7 Å². The van der Waals surface area contributed by atoms with Crippen LogP contribution in [0.1, 0.15) is 31.8 Å². The van der Waals surface area contributed by atoms with Gasteiger partial charge in [0.25, 0.3) is 11.1 Å². The molecule has 0 saturated carbocycles. The molecule has 0 fully saturated rings. The molecule has 0 aliphatic carbocycles. The Balaban J connectivity index is 0.000000206. The molecular formula is C40H31F3N2O8. The summed E-state index contributed by atoms with van der Waals surface area (Å²) in [6, 6.07) is 26.2. The van der Waals surface area contributed by atoms with Crippen LogP contribution in [0.2, 0.25) is 0 Å². The SMILES string of the molecule is COc1cc(OC(F)(F)F)ccc1C(=O)/C=C/c1cc2ccccc2[nH]c1=O.COc1ccc(OC)c(C(=O)/C=C/c2cc3ccccc3[nH]c2=O)c1. The zero-order valence-electron chi connectivity index (χ0n) is 28.4. The van der Waals surface area contributed by atoms with Crippen molar-refractivity contribution in [1.82, 2.24) is 9.97 Å². The van der Waals surface area contributed by atoms with Crippen LogP contribution in [-0.2, 0) is 0 Å². The van der Waals surface area contributed by atoms with Gasteiger partial charge in [-0.2, -0.15) is 0 Å². The minimum Gasteiger partial charge on any atom is -0.497 e. The molecular weight excluding hydrogens is 693 g/mol. The number of hydrogen-bond donors (Lipinski definition) is 2. The number of benzene rings is 4. The van der Waals surface area contributed by atoms with Crippen LogP contribution >= 0.6 is 0 Å². The van der Waals surface area contributed by atoms with Gasteiger partial charge in [-0.05, 0) is 89.7 Å². The van der Waals surface area contributed by atoms with Crippen LogP contribution in [0, 0.1) is 0 Å². The fourth-order valence-electron chi connectivity index (χ4n) is 5.17. The molecule has 0 amide bonds. The number of carbonyl (C=O) groups is 2. The predicted octanol–water partition coefficient (Wildman–Crippen LogP) is 7.77. The van der Waals surface area contributed by atoms with Crippen molar-refractivity contribution >= 4 is 45.5 Å². The number of ketones is 2. The number of allylic oxidation sites excluding steroid dienone is 2. The van der Waals surface area contributed by atoms with Gasteiger partial charge >= 0.3 is 6.36 Å². The molecule has 0 atom stereocenters. The van der Waals surface area contributed by atoms with Crippen LogP contribution in [0.3, 0.4) is 0 Å². The molecule has 6 rings (SSSR count). The number of carbonyl (C=O) groups excluding carboxylic acids is 2. The van der Waals surface area contributed by atoms with Crippen LogP contribution in [0.25, 0.3) is 34.0 Å². The molecule has 10 nitrogen and oxygen atoms in total. The van der Waals surface area contributed by atoms with E-state index in [1.807, 2.05) is 36.4 Å². The van der Waals surface area contributed by atoms with Gasteiger partial charge in [0.15, 0.2) is 11.6 Å². The molecule has 0 spiro atoms. The lowest BCUT2D eigenvalue weighted by Crippen LogP contribution is -2.17. The molecule has 0 radical (unpaired) electrons. The van der Waals surface area contributed by atoms with Crippen LogP contribution < -0.4 is 30.1 Å². The van der Waals surface area contributed by atoms with E-state index in [-0.39, 0.29) is 33.8 Å². The number of H-pyrrole nitrogens is 2. The molecule has 13 heteroatoms. The highest BCUT2D eigenvalue weighted by atomic mass is 19.4. The normalized spacial score (nSPS) is 11.4. The van der Waals surface area contributed by atoms with E-state index < -0.39 is 17.9 Å². The smallest absolute Gasteiger partial charge is 0.497 e. The molecule has 2 heterocycles. The van der Waals surface area contributed by atoms with Gasteiger partial charge in [-0.1, -0.05) is 36.4 Å². The van der Waals surface area contributed by atoms with Gasteiger partial charge in [-0.25, -0.2) is 0 Å². The van der Waals surface area contributed by atoms with E-state index in [1.165, 1.54) is 39.6 Å². The molecule has 0 aliphatic rings. The first-order valence-corrected chi connectivity index (χ1v) is 15.7. The minimum atomic E-state index is -4.85. The van der Waals surface area contributed by atoms with Crippen LogP contribution in [-0.4, -0.2) is 49.2 Å². The summed E-state index contributed by atoms with van der Waals surface area (Å²) in [7, 11) is 4.25. The highest BCUT2D eigenvalue weighted by Crippen LogP contribution is 2.30. The van der Waals surface area contributed by atoms with Crippen molar-refractivity contribution in [2.75, 3.05) is 21.3 Å². The molecule has 270 valence electrons. The Labute approximate surface area is 299 Å². The summed E-state index contributed by atoms with van der Waals surface area (Å²) in [6.07, 6.45) is 0.505. The van der Waals surface area contributed by atoms with Gasteiger partial charge in [0, 0.05) is 28.2 Å². The number of fused-ring (bicyclic) bond motifs is 2. The Bertz CT molecular complexity index is 2480. The van der Waals surface area contributed by atoms with Gasteiger partial charge in [-0.15, -0.1) is 13.2 Å². The number of aromatic amines is 2. The highest BCUT2D eigenvalue weighted by molar-refractivity contribution is 6.09. The number of aromatic nitrogens is 2. The molecule has 0 aliphatic heterocycles. The predicted molar refractivity (Wildman–Crippen MR) is 195 cm³/mol. The highest BCUT2D eigenvalue weighted by Gasteiger charge is 2.31. The number of nitrogens with one attached hydrogen (secondary N) is 2. The van der Waals surface area contributed by atoms with Gasteiger partial charge in [-0.3, -0.25) is 19.2 Å². The Kier molecular flexibility index (Phi) is 11.6. The Morgan fingerprint density at radius 2 is 1.09 bits per heavy atom. The van der Waals surface area contributed by atoms with E-state index in [4.69, 9.17) is 14.2 Å². The molecule has 0 saturated heterocycles. The van der Waals surface area contributed by atoms with Crippen molar-refractivity contribution in [3.8, 4) is 23.0 Å². The third-order valence-electron chi connectivity index (χ3n) is 7.74. The molecule has 0 bridgehead atoms. The Hall–Kier alpha value is -6.89. The first-order chi connectivity index (χ1) is 25.4. The Morgan fingerprint density at radius 1 is 0.585 bits per heavy atom. The zero-order chi connectivity index (χ0) is 38.1. The Morgan fingerprint density at radius 3 is 1.60 bits per heavy atom. The lowest BCUT2D eigenvalue weighted by molar-refractivity contribution is -0.274. The standard InChI is InChI=1S/C20H14F3NO4.C20H17NO4/c1-27-18-11-14(28-20(21,22)23)7-8-15(18)17(25)9-6-13-10-12-4-2-3-5-16(12)24-19(13)26;1-24-15-8-10-19(25-2)16(12-15)18(22)9-7-14-11-13-5-3-4-6-17(13)21-20(14)23/h2-11H,1H3,(H,24,26);3-12H,1-2H3,(H,21,23)/b9-6+;9-7+. The summed E-state index contributed by atoms with van der Waals surface area (Å²) in [5.74, 6) is -0.394. The third kappa shape index (κ3) is 9.47. The lowest BCUT2D eigenvalue weighted by atomic mass is 10.1. The van der Waals surface area contributed by atoms with E-state index >= 15 is 0 Å². The molecule has 0 unspecified atom stereocenters. The number of methoxy groups -OCH3 is 3. The first kappa shape index (κ1) is 37.4. The molecule has 2 aromatic heterocycles. The maximum atomic E-state index is 12.5. The second-order valence-electron chi connectivity index (χ2n) is 11.2. The summed E-state index contributed by atoms with van der Waals surface area (Å²) >= 11 is 0. The average molecular weight is 725 g/mol. The summed E-state index contributed by atoms with van der Waals surface area (Å²) in [5, 5.41) is 1.69. The largest absolute Gasteiger partial charge is 0.573 e. The number of pyridine rings is 2. The van der Waals surface area contributed by atoms with E-state index in [1.54, 1.807) is 42.5 Å². The maximum absolute atomic E-state index is 12.5. The fraction of sp³-hybridized carbons (Fsp3) is 0.100. The second-order valence-corrected chi connectivity index (χ2v) is 11.2. The lowest BCUT2D eigenvalue weighted by Gasteiger charge is -2.11. The number of alkyl halides is 3. The van der Waals surface area contributed by atoms with Crippen molar-refractivity contribution in [3.05, 3.63) is 152 Å². The van der Waals surface area contributed by atoms with Crippen molar-refractivity contribution in [2.24, 2.45) is 0 Å². The van der Waals surface area contributed by atoms with Crippen molar-refractivity contribution in [1.29, 1.82) is 0 Å². The number of ether oxygens (including phenoxy) is 4. The van der Waals surface area contributed by atoms with Crippen molar-refractivity contribution in [2.45, 2.75) is 6.36 Å². The summed E-state index contributed by atoms with van der Waals surface area (Å²) in [4.78, 5) is 54.7. The van der Waals surface area contributed by atoms with Gasteiger partial charge < -0.3 is 28.9 Å². The van der Waals surface area contributed by atoms with Crippen LogP contribution in [0.5, 0.6) is 23.0 Å². The number of para-hydroxylation sites is 2. The molecule has 4 aromatic carbocycles. The van der Waals surface area contributed by atoms with Crippen molar-refractivity contribution < 1.29 is 41.7 Å². The van der Waals surface area contributed by atoms with Crippen LogP contribution in [0.15, 0.2) is 119 Å². The van der Waals surface area contributed by atoms with Gasteiger partial charge in [0.05, 0.1) is 32.5 Å². The topological polar surface area (TPSA) is 137 Å². The minimum absolute atomic E-state index is 0.0329. The quantitative estimate of drug-likeness (QED) is 0.108. The number of hydrogen-bond acceptors (Lipinski definition) is 8. The van der Waals surface area contributed by atoms with E-state index in [0.717, 1.165) is 40.6 Å². The number of rotatable bonds is 10. The van der Waals surface area contributed by atoms with E-state index in [9.17, 15) is 32.3 Å². The molecule has 2 N–H and O–H groups in total. The summed E-state index contributed by atoms with van der Waals surface area (Å²) in [6.45, 7) is 0. The summed E-state index contributed by atoms with van der Waals surface area (Å²) in [5.41, 5.74) is 1.88. The first-order valence-electron chi connectivity index (χ1n) is 15.7. The monoisotopic (exact) mass is 724 g/mol. The van der Waals surface area contributed by atoms with Gasteiger partial charge in [0.2, 0.25) is 0 Å². The number of halogens is 3. The van der Waals surface area contributed by atoms with E-state index in [0.29, 0.717) is 28.1 Å². The molecule has 6 aromatic rings. The third-order valence-corrected chi connectivity index (χ3v) is 7.74. The second kappa shape index (κ2) is 16.4.